The molecule has 2 unspecified atom stereocenters. The monoisotopic (exact) mass is 456 g/mol. The van der Waals surface area contributed by atoms with Gasteiger partial charge in [-0.25, -0.2) is 0 Å². The molecule has 6 rings (SSSR count). The fourth-order valence-corrected chi connectivity index (χ4v) is 7.87. The second-order valence-corrected chi connectivity index (χ2v) is 10.4. The zero-order valence-corrected chi connectivity index (χ0v) is 20.7. The Morgan fingerprint density at radius 2 is 1.03 bits per heavy atom. The van der Waals surface area contributed by atoms with Gasteiger partial charge >= 0.3 is 5.97 Å². The quantitative estimate of drug-likeness (QED) is 0.352. The molecular weight excluding hydrogens is 424 g/mol. The van der Waals surface area contributed by atoms with Crippen molar-refractivity contribution in [3.8, 4) is 11.5 Å². The van der Waals surface area contributed by atoms with Gasteiger partial charge in [-0.2, -0.15) is 0 Å². The fourth-order valence-electron chi connectivity index (χ4n) is 7.87. The molecule has 4 nitrogen and oxygen atoms in total. The van der Waals surface area contributed by atoms with Crippen molar-refractivity contribution in [1.82, 2.24) is 0 Å². The molecule has 0 radical (unpaired) electrons. The van der Waals surface area contributed by atoms with Crippen LogP contribution >= 0.6 is 0 Å². The van der Waals surface area contributed by atoms with Crippen LogP contribution in [0.2, 0.25) is 0 Å². The second-order valence-electron chi connectivity index (χ2n) is 10.4. The highest BCUT2D eigenvalue weighted by atomic mass is 16.5. The minimum Gasteiger partial charge on any atom is -0.504 e. The van der Waals surface area contributed by atoms with E-state index in [1.54, 1.807) is 6.92 Å². The smallest absolute Gasteiger partial charge is 0.302 e. The highest BCUT2D eigenvalue weighted by Gasteiger charge is 2.79. The number of esters is 1. The van der Waals surface area contributed by atoms with Crippen molar-refractivity contribution < 1.29 is 19.7 Å². The Hall–Kier alpha value is -3.27. The minimum atomic E-state index is -0.271. The highest BCUT2D eigenvalue weighted by molar-refractivity contribution is 5.77. The van der Waals surface area contributed by atoms with E-state index < -0.39 is 0 Å². The van der Waals surface area contributed by atoms with Gasteiger partial charge in [0.05, 0.1) is 6.61 Å². The number of hydrogen-bond acceptors (Lipinski definition) is 4. The summed E-state index contributed by atoms with van der Waals surface area (Å²) < 4.78 is 4.40. The number of carbonyl (C=O) groups excluding carboxylic acids is 1. The largest absolute Gasteiger partial charge is 0.504 e. The molecule has 3 aliphatic rings. The minimum absolute atomic E-state index is 0.0356. The van der Waals surface area contributed by atoms with Crippen LogP contribution in [0.5, 0.6) is 11.5 Å². The van der Waals surface area contributed by atoms with Gasteiger partial charge in [0, 0.05) is 28.6 Å². The van der Waals surface area contributed by atoms with Crippen LogP contribution in [0, 0.1) is 5.41 Å². The van der Waals surface area contributed by atoms with E-state index in [2.05, 4.69) is 81.0 Å². The molecule has 34 heavy (non-hydrogen) atoms. The lowest BCUT2D eigenvalue weighted by Crippen LogP contribution is -2.51. The molecule has 4 heteroatoms. The van der Waals surface area contributed by atoms with Crippen LogP contribution in [0.25, 0.3) is 0 Å². The van der Waals surface area contributed by atoms with Gasteiger partial charge in [0.2, 0.25) is 0 Å². The van der Waals surface area contributed by atoms with Crippen molar-refractivity contribution in [3.63, 3.8) is 0 Å². The first-order valence-corrected chi connectivity index (χ1v) is 11.9. The van der Waals surface area contributed by atoms with Gasteiger partial charge < -0.3 is 14.9 Å². The third-order valence-corrected chi connectivity index (χ3v) is 9.55. The Bertz CT molecular complexity index is 1250. The first kappa shape index (κ1) is 22.5. The summed E-state index contributed by atoms with van der Waals surface area (Å²) in [6.07, 6.45) is 0. The van der Waals surface area contributed by atoms with E-state index in [-0.39, 0.29) is 39.1 Å². The molecule has 3 aromatic carbocycles. The summed E-state index contributed by atoms with van der Waals surface area (Å²) >= 11 is 0. The van der Waals surface area contributed by atoms with E-state index in [0.717, 1.165) is 11.1 Å². The molecule has 0 amide bonds. The molecule has 3 aromatic rings. The van der Waals surface area contributed by atoms with Gasteiger partial charge in [0.15, 0.2) is 11.5 Å². The molecule has 3 aliphatic carbocycles. The first-order valence-electron chi connectivity index (χ1n) is 11.9. The van der Waals surface area contributed by atoms with Gasteiger partial charge in [-0.1, -0.05) is 76.2 Å². The molecule has 0 bridgehead atoms. The van der Waals surface area contributed by atoms with E-state index in [1.165, 1.54) is 29.2 Å². The molecular formula is C30H32O4. The van der Waals surface area contributed by atoms with E-state index in [1.807, 2.05) is 12.1 Å². The third kappa shape index (κ3) is 2.18. The van der Waals surface area contributed by atoms with Gasteiger partial charge in [-0.05, 0) is 52.4 Å². The van der Waals surface area contributed by atoms with Crippen molar-refractivity contribution in [1.29, 1.82) is 0 Å². The van der Waals surface area contributed by atoms with Crippen molar-refractivity contribution >= 4 is 5.97 Å². The molecule has 0 spiro atoms. The Morgan fingerprint density at radius 3 is 1.29 bits per heavy atom. The predicted molar refractivity (Wildman–Crippen MR) is 132 cm³/mol. The van der Waals surface area contributed by atoms with E-state index in [9.17, 15) is 15.0 Å². The van der Waals surface area contributed by atoms with Crippen molar-refractivity contribution in [2.24, 2.45) is 5.41 Å². The van der Waals surface area contributed by atoms with Gasteiger partial charge in [0.1, 0.15) is 0 Å². The summed E-state index contributed by atoms with van der Waals surface area (Å²) in [5.74, 6) is -0.282. The SMILES string of the molecule is CC12c3ccccc3[C@@]3(C)c4cc(O)c(O)cc4[C@@](C)(c4ccccc41)C23C.CCOC(C)=O. The van der Waals surface area contributed by atoms with Crippen LogP contribution in [-0.4, -0.2) is 22.8 Å². The Balaban J connectivity index is 0.000000360. The van der Waals surface area contributed by atoms with Crippen molar-refractivity contribution in [2.45, 2.75) is 57.8 Å². The number of fused-ring (bicyclic) bond motifs is 9. The normalized spacial score (nSPS) is 31.0. The van der Waals surface area contributed by atoms with Crippen LogP contribution in [0.3, 0.4) is 0 Å². The Morgan fingerprint density at radius 1 is 0.706 bits per heavy atom. The number of carbonyl (C=O) groups is 1. The molecule has 176 valence electrons. The fraction of sp³-hybridized carbons (Fsp3) is 0.367. The standard InChI is InChI=1S/C26H24O2.C4H8O2/c1-23-15-9-5-7-11-17(15)24(2)19-13-21(27)22(28)14-20(19)25(3,26(23,24)4)18-12-8-6-10-16(18)23;1-3-6-4(2)5/h5-14,27-28H,1-4H3;3H2,1-2H3/t23?,24-,25+,26?;. The molecule has 0 aromatic heterocycles. The van der Waals surface area contributed by atoms with Crippen LogP contribution in [0.4, 0.5) is 0 Å². The van der Waals surface area contributed by atoms with E-state index in [4.69, 9.17) is 0 Å². The maximum atomic E-state index is 10.4. The molecule has 0 fully saturated rings. The molecule has 0 heterocycles. The molecule has 4 atom stereocenters. The summed E-state index contributed by atoms with van der Waals surface area (Å²) in [4.78, 5) is 9.82. The number of rotatable bonds is 1. The van der Waals surface area contributed by atoms with E-state index >= 15 is 0 Å². The molecule has 0 saturated carbocycles. The van der Waals surface area contributed by atoms with Gasteiger partial charge in [0.25, 0.3) is 0 Å². The van der Waals surface area contributed by atoms with E-state index in [0.29, 0.717) is 6.61 Å². The lowest BCUT2D eigenvalue weighted by atomic mass is 9.52. The van der Waals surface area contributed by atoms with Crippen LogP contribution in [-0.2, 0) is 25.8 Å². The zero-order valence-electron chi connectivity index (χ0n) is 20.7. The van der Waals surface area contributed by atoms with Crippen LogP contribution < -0.4 is 0 Å². The van der Waals surface area contributed by atoms with Crippen LogP contribution in [0.15, 0.2) is 60.7 Å². The lowest BCUT2D eigenvalue weighted by Gasteiger charge is -2.49. The Labute approximate surface area is 201 Å². The van der Waals surface area contributed by atoms with Crippen LogP contribution in [0.1, 0.15) is 74.9 Å². The average molecular weight is 457 g/mol. The molecule has 0 aliphatic heterocycles. The lowest BCUT2D eigenvalue weighted by molar-refractivity contribution is -0.140. The van der Waals surface area contributed by atoms with Crippen molar-refractivity contribution in [2.75, 3.05) is 6.61 Å². The topological polar surface area (TPSA) is 66.8 Å². The molecule has 0 saturated heterocycles. The number of hydrogen-bond donors (Lipinski definition) is 2. The average Bonchev–Trinajstić information content (AvgIpc) is 3.16. The summed E-state index contributed by atoms with van der Waals surface area (Å²) in [7, 11) is 0. The highest BCUT2D eigenvalue weighted by Crippen LogP contribution is 2.82. The summed E-state index contributed by atoms with van der Waals surface area (Å²) in [6.45, 7) is 13.1. The maximum absolute atomic E-state index is 10.4. The predicted octanol–water partition coefficient (Wildman–Crippen LogP) is 5.93. The second kappa shape index (κ2) is 6.88. The number of aromatic hydroxyl groups is 2. The molecule has 2 N–H and O–H groups in total. The summed E-state index contributed by atoms with van der Waals surface area (Å²) in [5.41, 5.74) is 6.85. The number of ether oxygens (including phenoxy) is 1. The maximum Gasteiger partial charge on any atom is 0.302 e. The number of benzene rings is 3. The number of phenolic OH excluding ortho intramolecular Hbond substituents is 2. The van der Waals surface area contributed by atoms with Crippen molar-refractivity contribution in [3.05, 3.63) is 94.0 Å². The first-order chi connectivity index (χ1) is 16.0. The summed E-state index contributed by atoms with van der Waals surface area (Å²) in [6, 6.07) is 21.2. The van der Waals surface area contributed by atoms with Gasteiger partial charge in [-0.15, -0.1) is 0 Å². The zero-order chi connectivity index (χ0) is 24.7. The van der Waals surface area contributed by atoms with Gasteiger partial charge in [-0.3, -0.25) is 4.79 Å². The number of phenols is 2. The third-order valence-electron chi connectivity index (χ3n) is 9.55. The Kier molecular flexibility index (Phi) is 4.56. The summed E-state index contributed by atoms with van der Waals surface area (Å²) in [5, 5.41) is 20.8.